The minimum absolute atomic E-state index is 0. The van der Waals surface area contributed by atoms with Gasteiger partial charge in [-0.05, 0) is 13.1 Å². The minimum atomic E-state index is 0. The second-order valence-corrected chi connectivity index (χ2v) is 7.28. The standard InChI is InChI=1S/C16H26N6S.HI/c1-20-5-7-21(8-6-20)15-14(3-2-4-18-15)13-19-16(17)22-9-11-23-12-10-22;/h2-4H,5-13H2,1H3,(H2,17,19);1H. The fourth-order valence-corrected chi connectivity index (χ4v) is 3.82. The molecule has 6 nitrogen and oxygen atoms in total. The van der Waals surface area contributed by atoms with Gasteiger partial charge in [0.2, 0.25) is 0 Å². The minimum Gasteiger partial charge on any atom is -0.370 e. The molecule has 2 saturated heterocycles. The van der Waals surface area contributed by atoms with E-state index < -0.39 is 0 Å². The maximum absolute atomic E-state index is 6.17. The zero-order valence-corrected chi connectivity index (χ0v) is 17.4. The third kappa shape index (κ3) is 5.13. The first-order valence-corrected chi connectivity index (χ1v) is 9.39. The molecule has 0 saturated carbocycles. The van der Waals surface area contributed by atoms with E-state index in [2.05, 4.69) is 37.8 Å². The van der Waals surface area contributed by atoms with Crippen LogP contribution in [-0.2, 0) is 6.54 Å². The zero-order valence-electron chi connectivity index (χ0n) is 14.2. The second kappa shape index (κ2) is 9.67. The van der Waals surface area contributed by atoms with Crippen LogP contribution in [0, 0.1) is 0 Å². The van der Waals surface area contributed by atoms with Gasteiger partial charge >= 0.3 is 0 Å². The van der Waals surface area contributed by atoms with Crippen LogP contribution in [-0.4, -0.2) is 78.6 Å². The number of nitrogens with two attached hydrogens (primary N) is 1. The molecule has 8 heteroatoms. The molecule has 0 atom stereocenters. The highest BCUT2D eigenvalue weighted by Crippen LogP contribution is 2.19. The normalized spacial score (nSPS) is 20.0. The number of aliphatic imine (C=N–C) groups is 1. The number of rotatable bonds is 3. The Hall–Kier alpha value is -0.740. The number of likely N-dealkylation sites (N-methyl/N-ethyl adjacent to an activating group) is 1. The van der Waals surface area contributed by atoms with Gasteiger partial charge in [0.1, 0.15) is 5.82 Å². The summed E-state index contributed by atoms with van der Waals surface area (Å²) in [4.78, 5) is 16.1. The molecule has 0 amide bonds. The van der Waals surface area contributed by atoms with Crippen molar-refractivity contribution in [3.8, 4) is 0 Å². The van der Waals surface area contributed by atoms with E-state index in [9.17, 15) is 0 Å². The van der Waals surface area contributed by atoms with Crippen molar-refractivity contribution >= 4 is 47.5 Å². The average molecular weight is 462 g/mol. The number of anilines is 1. The Labute approximate surface area is 165 Å². The van der Waals surface area contributed by atoms with Crippen molar-refractivity contribution in [2.75, 3.05) is 62.7 Å². The molecule has 0 aromatic carbocycles. The van der Waals surface area contributed by atoms with E-state index in [1.165, 1.54) is 0 Å². The number of piperazine rings is 1. The number of nitrogens with zero attached hydrogens (tertiary/aromatic N) is 5. The summed E-state index contributed by atoms with van der Waals surface area (Å²) in [6.45, 7) is 6.79. The maximum atomic E-state index is 6.17. The van der Waals surface area contributed by atoms with Crippen molar-refractivity contribution < 1.29 is 0 Å². The van der Waals surface area contributed by atoms with E-state index in [0.29, 0.717) is 12.5 Å². The van der Waals surface area contributed by atoms with Gasteiger partial charge in [0.25, 0.3) is 0 Å². The van der Waals surface area contributed by atoms with Crippen molar-refractivity contribution in [1.82, 2.24) is 14.8 Å². The summed E-state index contributed by atoms with van der Waals surface area (Å²) < 4.78 is 0. The van der Waals surface area contributed by atoms with Gasteiger partial charge in [-0.3, -0.25) is 0 Å². The lowest BCUT2D eigenvalue weighted by molar-refractivity contribution is 0.312. The van der Waals surface area contributed by atoms with Crippen LogP contribution in [0.3, 0.4) is 0 Å². The molecule has 2 aliphatic heterocycles. The molecule has 0 bridgehead atoms. The number of aromatic nitrogens is 1. The molecular weight excluding hydrogens is 435 g/mol. The number of hydrogen-bond acceptors (Lipinski definition) is 5. The Morgan fingerprint density at radius 3 is 2.62 bits per heavy atom. The predicted octanol–water partition coefficient (Wildman–Crippen LogP) is 1.31. The molecule has 1 aromatic rings. The van der Waals surface area contributed by atoms with Crippen molar-refractivity contribution in [1.29, 1.82) is 0 Å². The predicted molar refractivity (Wildman–Crippen MR) is 114 cm³/mol. The molecule has 3 heterocycles. The first kappa shape index (κ1) is 19.6. The molecule has 24 heavy (non-hydrogen) atoms. The van der Waals surface area contributed by atoms with Crippen LogP contribution in [0.4, 0.5) is 5.82 Å². The van der Waals surface area contributed by atoms with Crippen LogP contribution in [0.5, 0.6) is 0 Å². The summed E-state index contributed by atoms with van der Waals surface area (Å²) in [5.74, 6) is 4.00. The van der Waals surface area contributed by atoms with Gasteiger partial charge < -0.3 is 20.4 Å². The van der Waals surface area contributed by atoms with E-state index in [-0.39, 0.29) is 24.0 Å². The summed E-state index contributed by atoms with van der Waals surface area (Å²) in [5.41, 5.74) is 7.33. The first-order chi connectivity index (χ1) is 11.2. The van der Waals surface area contributed by atoms with Gasteiger partial charge in [-0.1, -0.05) is 6.07 Å². The number of thioether (sulfide) groups is 1. The summed E-state index contributed by atoms with van der Waals surface area (Å²) in [6, 6.07) is 4.10. The molecule has 0 radical (unpaired) electrons. The monoisotopic (exact) mass is 462 g/mol. The van der Waals surface area contributed by atoms with Gasteiger partial charge in [0.05, 0.1) is 6.54 Å². The van der Waals surface area contributed by atoms with Gasteiger partial charge in [0, 0.05) is 62.5 Å². The maximum Gasteiger partial charge on any atom is 0.191 e. The van der Waals surface area contributed by atoms with Crippen molar-refractivity contribution in [3.05, 3.63) is 23.9 Å². The van der Waals surface area contributed by atoms with Gasteiger partial charge in [0.15, 0.2) is 5.96 Å². The second-order valence-electron chi connectivity index (χ2n) is 6.05. The number of hydrogen-bond donors (Lipinski definition) is 1. The lowest BCUT2D eigenvalue weighted by Gasteiger charge is -2.34. The summed E-state index contributed by atoms with van der Waals surface area (Å²) in [6.07, 6.45) is 1.87. The summed E-state index contributed by atoms with van der Waals surface area (Å²) >= 11 is 1.98. The third-order valence-electron chi connectivity index (χ3n) is 4.42. The number of pyridine rings is 1. The van der Waals surface area contributed by atoms with Crippen molar-refractivity contribution in [2.24, 2.45) is 10.7 Å². The third-order valence-corrected chi connectivity index (χ3v) is 5.36. The molecule has 1 aromatic heterocycles. The Morgan fingerprint density at radius 1 is 1.21 bits per heavy atom. The lowest BCUT2D eigenvalue weighted by atomic mass is 10.2. The number of halogens is 1. The molecule has 2 aliphatic rings. The Morgan fingerprint density at radius 2 is 1.92 bits per heavy atom. The van der Waals surface area contributed by atoms with Crippen LogP contribution in [0.2, 0.25) is 0 Å². The molecule has 0 aliphatic carbocycles. The van der Waals surface area contributed by atoms with E-state index in [0.717, 1.165) is 62.2 Å². The van der Waals surface area contributed by atoms with Crippen LogP contribution < -0.4 is 10.6 Å². The quantitative estimate of drug-likeness (QED) is 0.416. The van der Waals surface area contributed by atoms with Crippen LogP contribution >= 0.6 is 35.7 Å². The fourth-order valence-electron chi connectivity index (χ4n) is 2.92. The zero-order chi connectivity index (χ0) is 16.1. The highest BCUT2D eigenvalue weighted by molar-refractivity contribution is 14.0. The van der Waals surface area contributed by atoms with Crippen LogP contribution in [0.25, 0.3) is 0 Å². The van der Waals surface area contributed by atoms with Gasteiger partial charge in [-0.15, -0.1) is 24.0 Å². The average Bonchev–Trinajstić information content (AvgIpc) is 2.61. The highest BCUT2D eigenvalue weighted by atomic mass is 127. The van der Waals surface area contributed by atoms with Crippen LogP contribution in [0.1, 0.15) is 5.56 Å². The molecule has 0 unspecified atom stereocenters. The van der Waals surface area contributed by atoms with E-state index >= 15 is 0 Å². The van der Waals surface area contributed by atoms with Crippen molar-refractivity contribution in [3.63, 3.8) is 0 Å². The Balaban J connectivity index is 0.00000208. The van der Waals surface area contributed by atoms with Crippen LogP contribution in [0.15, 0.2) is 23.3 Å². The molecule has 2 N–H and O–H groups in total. The van der Waals surface area contributed by atoms with E-state index in [1.807, 2.05) is 24.0 Å². The SMILES string of the molecule is CN1CCN(c2ncccc2CN=C(N)N2CCSCC2)CC1.I. The summed E-state index contributed by atoms with van der Waals surface area (Å²) in [5, 5.41) is 0. The molecule has 3 rings (SSSR count). The molecule has 0 spiro atoms. The topological polar surface area (TPSA) is 61.0 Å². The van der Waals surface area contributed by atoms with E-state index in [4.69, 9.17) is 5.73 Å². The van der Waals surface area contributed by atoms with Crippen molar-refractivity contribution in [2.45, 2.75) is 6.54 Å². The Bertz CT molecular complexity index is 541. The lowest BCUT2D eigenvalue weighted by Crippen LogP contribution is -2.45. The van der Waals surface area contributed by atoms with E-state index in [1.54, 1.807) is 0 Å². The number of guanidine groups is 1. The first-order valence-electron chi connectivity index (χ1n) is 8.24. The highest BCUT2D eigenvalue weighted by Gasteiger charge is 2.18. The largest absolute Gasteiger partial charge is 0.370 e. The van der Waals surface area contributed by atoms with Gasteiger partial charge in [-0.25, -0.2) is 9.98 Å². The molecule has 2 fully saturated rings. The Kier molecular flexibility index (Phi) is 7.89. The molecular formula is C16H27IN6S. The fraction of sp³-hybridized carbons (Fsp3) is 0.625. The smallest absolute Gasteiger partial charge is 0.191 e. The van der Waals surface area contributed by atoms with Gasteiger partial charge in [-0.2, -0.15) is 11.8 Å². The molecule has 134 valence electrons. The summed E-state index contributed by atoms with van der Waals surface area (Å²) in [7, 11) is 2.17.